The van der Waals surface area contributed by atoms with Crippen molar-refractivity contribution in [1.82, 2.24) is 14.8 Å². The third-order valence-corrected chi connectivity index (χ3v) is 15.2. The van der Waals surface area contributed by atoms with Crippen LogP contribution in [0.2, 0.25) is 0 Å². The van der Waals surface area contributed by atoms with Crippen LogP contribution >= 0.6 is 0 Å². The van der Waals surface area contributed by atoms with Gasteiger partial charge in [-0.3, -0.25) is 37.6 Å². The van der Waals surface area contributed by atoms with Crippen molar-refractivity contribution in [3.63, 3.8) is 0 Å². The number of nitrogens with one attached hydrogen (secondary N) is 1. The van der Waals surface area contributed by atoms with E-state index in [4.69, 9.17) is 50.3 Å². The number of esters is 1. The van der Waals surface area contributed by atoms with Gasteiger partial charge in [0.15, 0.2) is 5.60 Å². The molecule has 10 atom stereocenters. The highest BCUT2D eigenvalue weighted by Gasteiger charge is 2.78. The Morgan fingerprint density at radius 2 is 1.60 bits per heavy atom. The molecule has 6 aliphatic rings. The molecule has 20 nitrogen and oxygen atoms in total. The topological polar surface area (TPSA) is 314 Å². The van der Waals surface area contributed by atoms with Gasteiger partial charge >= 0.3 is 26.8 Å². The van der Waals surface area contributed by atoms with E-state index in [0.29, 0.717) is 69.5 Å². The minimum Gasteiger partial charge on any atom is -0.496 e. The third-order valence-electron chi connectivity index (χ3n) is 15.2. The summed E-state index contributed by atoms with van der Waals surface area (Å²) in [5.41, 5.74) is 4.72. The molecule has 3 fully saturated rings. The molecule has 0 radical (unpaired) electrons. The highest BCUT2D eigenvalue weighted by molar-refractivity contribution is 7.80. The highest BCUT2D eigenvalue weighted by Crippen LogP contribution is 2.67. The lowest BCUT2D eigenvalue weighted by molar-refractivity contribution is -0.201. The van der Waals surface area contributed by atoms with Crippen LogP contribution in [-0.4, -0.2) is 160 Å². The Hall–Kier alpha value is -4.20. The predicted molar refractivity (Wildman–Crippen MR) is 236 cm³/mol. The molecule has 6 heterocycles. The standard InChI is InChI=1S/C43H55N5O7.2H2O4S/c1-6-39(52)21-25-22-42(38(51)55-5,33-27(13-17-47(23-25)24-39)26-11-8-9-12-30(26)45-33)29-19-28-31(20-32(29)54-4)46(3)35-41(28)15-18-48-16-10-14-40(7-2,34(41)48)36(49)43(35,53)37(44)50;2*1-5(2,3)4/h8-12,14,19-20,25,34-36,45,49,52-53H,6-7,13,15-18,21-24H2,1-5H3,(H2,44,50);2*(H2,1,2,3,4)/t25-,34+,35-,36-,39+,40-,41-,42+,43+;;/m1../s1. The number of ether oxygens (including phenoxy) is 2. The fraction of sp³-hybridized carbons (Fsp3) is 0.581. The number of rotatable bonds is 6. The quantitative estimate of drug-likeness (QED) is 0.0959. The monoisotopic (exact) mass is 949 g/mol. The SMILES string of the molecule is CC[C@]1(O)C[C@H]2CN(CCc3c([nH]c4ccccc34)[C@@](C(=O)OC)(c3cc4c(cc3OC)N(C)[C@H]3[C@@](O)(C(N)=O)[C@H](O)[C@]5(CC)C=CCN6CC[C@]43[C@@H]65)C2)C1.O=S(=O)(O)O.O=S(=O)(O)O. The summed E-state index contributed by atoms with van der Waals surface area (Å²) in [4.78, 5) is 39.3. The summed E-state index contributed by atoms with van der Waals surface area (Å²) in [5, 5.41) is 38.0. The molecule has 2 saturated heterocycles. The Morgan fingerprint density at radius 3 is 2.20 bits per heavy atom. The van der Waals surface area contributed by atoms with Gasteiger partial charge in [-0.05, 0) is 74.2 Å². The van der Waals surface area contributed by atoms with Gasteiger partial charge in [0.2, 0.25) is 0 Å². The molecular weight excluding hydrogens is 891 g/mol. The summed E-state index contributed by atoms with van der Waals surface area (Å²) in [5.74, 6) is -1.00. The molecule has 1 aromatic heterocycles. The highest BCUT2D eigenvalue weighted by atomic mass is 32.3. The Morgan fingerprint density at radius 1 is 0.938 bits per heavy atom. The van der Waals surface area contributed by atoms with Gasteiger partial charge in [-0.15, -0.1) is 0 Å². The van der Waals surface area contributed by atoms with E-state index in [0.717, 1.165) is 46.5 Å². The number of hydrogen-bond acceptors (Lipinski definition) is 14. The van der Waals surface area contributed by atoms with Crippen molar-refractivity contribution in [3.05, 3.63) is 70.9 Å². The number of nitrogens with zero attached hydrogens (tertiary/aromatic N) is 3. The number of aliphatic hydroxyl groups excluding tert-OH is 1. The number of piperidine rings is 1. The number of aliphatic hydroxyl groups is 3. The van der Waals surface area contributed by atoms with E-state index in [9.17, 15) is 20.1 Å². The Bertz CT molecular complexity index is 2580. The van der Waals surface area contributed by atoms with E-state index < -0.39 is 72.3 Å². The van der Waals surface area contributed by atoms with E-state index in [1.165, 1.54) is 7.11 Å². The number of benzene rings is 2. The maximum atomic E-state index is 15.2. The molecule has 1 amide bonds. The lowest BCUT2D eigenvalue weighted by Gasteiger charge is -2.63. The first-order valence-electron chi connectivity index (χ1n) is 21.4. The van der Waals surface area contributed by atoms with Crippen LogP contribution in [0.4, 0.5) is 5.69 Å². The smallest absolute Gasteiger partial charge is 0.394 e. The van der Waals surface area contributed by atoms with Gasteiger partial charge in [-0.25, -0.2) is 0 Å². The van der Waals surface area contributed by atoms with Crippen molar-refractivity contribution >= 4 is 49.3 Å². The normalized spacial score (nSPS) is 34.8. The van der Waals surface area contributed by atoms with Crippen LogP contribution in [0.15, 0.2) is 48.6 Å². The number of carbonyl (C=O) groups is 2. The molecular formula is C43H59N5O15S2. The van der Waals surface area contributed by atoms with E-state index >= 15 is 4.79 Å². The van der Waals surface area contributed by atoms with Gasteiger partial charge in [-0.1, -0.05) is 44.2 Å². The molecule has 9 rings (SSSR count). The van der Waals surface area contributed by atoms with E-state index in [1.54, 1.807) is 7.11 Å². The van der Waals surface area contributed by atoms with Crippen molar-refractivity contribution in [2.45, 2.75) is 92.6 Å². The summed E-state index contributed by atoms with van der Waals surface area (Å²) in [7, 11) is -4.44. The number of para-hydroxylation sites is 1. The number of anilines is 1. The van der Waals surface area contributed by atoms with Crippen LogP contribution in [0.1, 0.15) is 68.3 Å². The first-order valence-corrected chi connectivity index (χ1v) is 24.2. The first-order chi connectivity index (χ1) is 30.3. The number of methoxy groups -OCH3 is 2. The largest absolute Gasteiger partial charge is 0.496 e. The Kier molecular flexibility index (Phi) is 12.6. The number of amides is 1. The molecule has 65 heavy (non-hydrogen) atoms. The molecule has 358 valence electrons. The van der Waals surface area contributed by atoms with Crippen molar-refractivity contribution in [3.8, 4) is 5.75 Å². The zero-order valence-electron chi connectivity index (χ0n) is 36.8. The first kappa shape index (κ1) is 48.7. The van der Waals surface area contributed by atoms with Crippen molar-refractivity contribution in [2.75, 3.05) is 58.9 Å². The second-order valence-corrected chi connectivity index (χ2v) is 20.2. The number of fused-ring (bicyclic) bond motifs is 6. The molecule has 2 bridgehead atoms. The van der Waals surface area contributed by atoms with Gasteiger partial charge in [0, 0.05) is 84.0 Å². The van der Waals surface area contributed by atoms with Gasteiger partial charge in [-0.2, -0.15) is 16.8 Å². The number of hydrogen-bond donors (Lipinski definition) is 9. The molecule has 1 unspecified atom stereocenters. The molecule has 22 heteroatoms. The summed E-state index contributed by atoms with van der Waals surface area (Å²) in [6, 6.07) is 11.0. The van der Waals surface area contributed by atoms with Gasteiger partial charge in [0.1, 0.15) is 17.3 Å². The minimum atomic E-state index is -4.67. The van der Waals surface area contributed by atoms with Crippen LogP contribution in [0.5, 0.6) is 5.75 Å². The summed E-state index contributed by atoms with van der Waals surface area (Å²) < 4.78 is 75.4. The second-order valence-electron chi connectivity index (χ2n) is 18.4. The zero-order chi connectivity index (χ0) is 47.9. The maximum absolute atomic E-state index is 15.2. The molecule has 1 saturated carbocycles. The number of primary amides is 1. The lowest BCUT2D eigenvalue weighted by Crippen LogP contribution is -2.81. The van der Waals surface area contributed by atoms with Crippen molar-refractivity contribution in [1.29, 1.82) is 0 Å². The molecule has 1 spiro atoms. The molecule has 2 aromatic carbocycles. The van der Waals surface area contributed by atoms with Crippen molar-refractivity contribution in [2.24, 2.45) is 17.1 Å². The fourth-order valence-corrected chi connectivity index (χ4v) is 13.1. The number of aromatic nitrogens is 1. The number of nitrogens with two attached hydrogens (primary N) is 1. The van der Waals surface area contributed by atoms with Crippen LogP contribution in [-0.2, 0) is 52.4 Å². The van der Waals surface area contributed by atoms with Crippen LogP contribution in [0.25, 0.3) is 10.9 Å². The predicted octanol–water partition coefficient (Wildman–Crippen LogP) is 1.43. The van der Waals surface area contributed by atoms with Gasteiger partial charge < -0.3 is 40.4 Å². The Balaban J connectivity index is 0.000000571. The number of aromatic amines is 1. The fourth-order valence-electron chi connectivity index (χ4n) is 13.1. The Labute approximate surface area is 377 Å². The average molecular weight is 950 g/mol. The second kappa shape index (κ2) is 16.8. The molecule has 5 aliphatic heterocycles. The van der Waals surface area contributed by atoms with E-state index in [2.05, 4.69) is 26.9 Å². The average Bonchev–Trinajstić information content (AvgIpc) is 3.89. The van der Waals surface area contributed by atoms with Crippen LogP contribution in [0.3, 0.4) is 0 Å². The molecule has 1 aliphatic carbocycles. The number of carbonyl (C=O) groups excluding carboxylic acids is 2. The third kappa shape index (κ3) is 7.82. The zero-order valence-corrected chi connectivity index (χ0v) is 38.5. The molecule has 10 N–H and O–H groups in total. The molecule has 3 aromatic rings. The van der Waals surface area contributed by atoms with Crippen LogP contribution in [0, 0.1) is 11.3 Å². The number of H-pyrrole nitrogens is 1. The summed E-state index contributed by atoms with van der Waals surface area (Å²) in [6.45, 7) is 7.39. The number of likely N-dealkylation sites (N-methyl/N-ethyl adjacent to an activating group) is 1. The van der Waals surface area contributed by atoms with Crippen molar-refractivity contribution < 1.29 is 69.4 Å². The summed E-state index contributed by atoms with van der Waals surface area (Å²) in [6.07, 6.45) is 5.78. The lowest BCUT2D eigenvalue weighted by atomic mass is 9.47. The van der Waals surface area contributed by atoms with E-state index in [-0.39, 0.29) is 12.0 Å². The maximum Gasteiger partial charge on any atom is 0.394 e. The summed E-state index contributed by atoms with van der Waals surface area (Å²) >= 11 is 0. The minimum absolute atomic E-state index is 0.0790. The van der Waals surface area contributed by atoms with Gasteiger partial charge in [0.05, 0.1) is 25.9 Å². The van der Waals surface area contributed by atoms with E-state index in [1.807, 2.05) is 62.2 Å². The van der Waals surface area contributed by atoms with Crippen LogP contribution < -0.4 is 15.4 Å². The van der Waals surface area contributed by atoms with Gasteiger partial charge in [0.25, 0.3) is 5.91 Å².